The third kappa shape index (κ3) is 5.68. The van der Waals surface area contributed by atoms with Crippen molar-refractivity contribution in [3.8, 4) is 0 Å². The predicted octanol–water partition coefficient (Wildman–Crippen LogP) is 3.64. The molecule has 1 aromatic heterocycles. The molecule has 1 aromatic carbocycles. The summed E-state index contributed by atoms with van der Waals surface area (Å²) in [7, 11) is 1.79. The molecular weight excluding hydrogens is 401 g/mol. The van der Waals surface area contributed by atoms with E-state index < -0.39 is 12.1 Å². The molecule has 1 spiro atoms. The van der Waals surface area contributed by atoms with E-state index in [1.807, 2.05) is 6.07 Å². The van der Waals surface area contributed by atoms with Crippen LogP contribution < -0.4 is 0 Å². The third-order valence-corrected chi connectivity index (χ3v) is 5.56. The SMILES string of the molecule is COC1COC2(CCN(Cc3ccc4ccccc4n3)CC2)C1.O=C(O)C(F)(F)F. The highest BCUT2D eigenvalue weighted by Gasteiger charge is 2.42. The summed E-state index contributed by atoms with van der Waals surface area (Å²) in [5, 5.41) is 8.33. The third-order valence-electron chi connectivity index (χ3n) is 5.56. The molecule has 9 heteroatoms. The molecule has 0 amide bonds. The highest BCUT2D eigenvalue weighted by atomic mass is 19.4. The van der Waals surface area contributed by atoms with Crippen LogP contribution in [0, 0.1) is 0 Å². The van der Waals surface area contributed by atoms with Crippen molar-refractivity contribution in [3.63, 3.8) is 0 Å². The van der Waals surface area contributed by atoms with E-state index >= 15 is 0 Å². The summed E-state index contributed by atoms with van der Waals surface area (Å²) in [4.78, 5) is 16.2. The number of alkyl halides is 3. The molecule has 0 aliphatic carbocycles. The van der Waals surface area contributed by atoms with E-state index in [1.54, 1.807) is 7.11 Å². The molecule has 1 unspecified atom stereocenters. The van der Waals surface area contributed by atoms with Crippen molar-refractivity contribution in [2.75, 3.05) is 26.8 Å². The number of methoxy groups -OCH3 is 1. The zero-order valence-corrected chi connectivity index (χ0v) is 16.7. The first-order chi connectivity index (χ1) is 14.2. The van der Waals surface area contributed by atoms with Gasteiger partial charge >= 0.3 is 12.1 Å². The lowest BCUT2D eigenvalue weighted by Crippen LogP contribution is -2.44. The Morgan fingerprint density at radius 1 is 1.27 bits per heavy atom. The Bertz CT molecular complexity index is 867. The number of aromatic nitrogens is 1. The summed E-state index contributed by atoms with van der Waals surface area (Å²) in [5.74, 6) is -2.76. The molecule has 0 bridgehead atoms. The lowest BCUT2D eigenvalue weighted by molar-refractivity contribution is -0.192. The van der Waals surface area contributed by atoms with E-state index in [0.717, 1.165) is 56.7 Å². The number of carboxylic acid groups (broad SMARTS) is 1. The Kier molecular flexibility index (Phi) is 6.95. The molecule has 2 aliphatic rings. The van der Waals surface area contributed by atoms with Crippen molar-refractivity contribution in [3.05, 3.63) is 42.1 Å². The molecule has 2 fully saturated rings. The van der Waals surface area contributed by atoms with Crippen LogP contribution in [-0.4, -0.2) is 65.6 Å². The zero-order chi connectivity index (χ0) is 21.8. The number of rotatable bonds is 3. The molecule has 1 N–H and O–H groups in total. The number of piperidine rings is 1. The number of para-hydroxylation sites is 1. The van der Waals surface area contributed by atoms with E-state index in [2.05, 4.69) is 35.2 Å². The summed E-state index contributed by atoms with van der Waals surface area (Å²) in [5.41, 5.74) is 2.30. The highest BCUT2D eigenvalue weighted by Crippen LogP contribution is 2.37. The summed E-state index contributed by atoms with van der Waals surface area (Å²) >= 11 is 0. The Morgan fingerprint density at radius 2 is 1.93 bits per heavy atom. The lowest BCUT2D eigenvalue weighted by atomic mass is 9.88. The zero-order valence-electron chi connectivity index (χ0n) is 16.7. The predicted molar refractivity (Wildman–Crippen MR) is 104 cm³/mol. The maximum Gasteiger partial charge on any atom is 0.490 e. The minimum absolute atomic E-state index is 0.0635. The van der Waals surface area contributed by atoms with Crippen LogP contribution in [0.5, 0.6) is 0 Å². The first kappa shape index (κ1) is 22.5. The van der Waals surface area contributed by atoms with Crippen LogP contribution in [0.15, 0.2) is 36.4 Å². The van der Waals surface area contributed by atoms with Gasteiger partial charge in [-0.2, -0.15) is 13.2 Å². The molecule has 0 radical (unpaired) electrons. The molecule has 2 aliphatic heterocycles. The van der Waals surface area contributed by atoms with Crippen molar-refractivity contribution in [1.29, 1.82) is 0 Å². The molecule has 30 heavy (non-hydrogen) atoms. The number of likely N-dealkylation sites (tertiary alicyclic amines) is 1. The number of carboxylic acids is 1. The van der Waals surface area contributed by atoms with E-state index in [9.17, 15) is 13.2 Å². The number of ether oxygens (including phenoxy) is 2. The minimum atomic E-state index is -5.08. The fourth-order valence-electron chi connectivity index (χ4n) is 3.85. The van der Waals surface area contributed by atoms with E-state index in [-0.39, 0.29) is 11.7 Å². The van der Waals surface area contributed by atoms with Gasteiger partial charge in [0.05, 0.1) is 29.5 Å². The van der Waals surface area contributed by atoms with E-state index in [4.69, 9.17) is 24.4 Å². The van der Waals surface area contributed by atoms with Gasteiger partial charge in [0.2, 0.25) is 0 Å². The van der Waals surface area contributed by atoms with Crippen molar-refractivity contribution in [1.82, 2.24) is 9.88 Å². The molecule has 164 valence electrons. The largest absolute Gasteiger partial charge is 0.490 e. The average Bonchev–Trinajstić information content (AvgIpc) is 3.12. The molecule has 1 atom stereocenters. The van der Waals surface area contributed by atoms with Crippen LogP contribution in [0.3, 0.4) is 0 Å². The van der Waals surface area contributed by atoms with Crippen LogP contribution in [0.4, 0.5) is 13.2 Å². The smallest absolute Gasteiger partial charge is 0.475 e. The van der Waals surface area contributed by atoms with Gasteiger partial charge in [-0.3, -0.25) is 9.88 Å². The molecular formula is C21H25F3N2O4. The summed E-state index contributed by atoms with van der Waals surface area (Å²) in [6.07, 6.45) is -1.56. The van der Waals surface area contributed by atoms with Crippen LogP contribution in [0.1, 0.15) is 25.0 Å². The van der Waals surface area contributed by atoms with Gasteiger partial charge in [-0.25, -0.2) is 4.79 Å². The van der Waals surface area contributed by atoms with E-state index in [1.165, 1.54) is 5.39 Å². The summed E-state index contributed by atoms with van der Waals surface area (Å²) in [6.45, 7) is 3.83. The molecule has 3 heterocycles. The average molecular weight is 426 g/mol. The van der Waals surface area contributed by atoms with Gasteiger partial charge < -0.3 is 14.6 Å². The van der Waals surface area contributed by atoms with Gasteiger partial charge in [0.15, 0.2) is 0 Å². The second kappa shape index (κ2) is 9.28. The van der Waals surface area contributed by atoms with Crippen molar-refractivity contribution in [2.24, 2.45) is 0 Å². The van der Waals surface area contributed by atoms with Crippen molar-refractivity contribution in [2.45, 2.75) is 43.7 Å². The number of carbonyl (C=O) groups is 1. The summed E-state index contributed by atoms with van der Waals surface area (Å²) < 4.78 is 43.3. The van der Waals surface area contributed by atoms with Gasteiger partial charge in [0, 0.05) is 38.6 Å². The highest BCUT2D eigenvalue weighted by molar-refractivity contribution is 5.78. The van der Waals surface area contributed by atoms with Gasteiger partial charge in [0.25, 0.3) is 0 Å². The second-order valence-electron chi connectivity index (χ2n) is 7.63. The fraction of sp³-hybridized carbons (Fsp3) is 0.524. The van der Waals surface area contributed by atoms with Gasteiger partial charge in [-0.1, -0.05) is 24.3 Å². The number of halogens is 3. The molecule has 0 saturated carbocycles. The van der Waals surface area contributed by atoms with Gasteiger partial charge in [0.1, 0.15) is 0 Å². The summed E-state index contributed by atoms with van der Waals surface area (Å²) in [6, 6.07) is 12.6. The minimum Gasteiger partial charge on any atom is -0.475 e. The first-order valence-electron chi connectivity index (χ1n) is 9.75. The maximum atomic E-state index is 10.6. The topological polar surface area (TPSA) is 71.9 Å². The quantitative estimate of drug-likeness (QED) is 0.808. The Labute approximate surface area is 172 Å². The fourth-order valence-corrected chi connectivity index (χ4v) is 3.85. The normalized spacial score (nSPS) is 21.4. The van der Waals surface area contributed by atoms with Crippen LogP contribution in [0.25, 0.3) is 10.9 Å². The van der Waals surface area contributed by atoms with Crippen LogP contribution in [-0.2, 0) is 20.8 Å². The Balaban J connectivity index is 0.000000318. The van der Waals surface area contributed by atoms with E-state index in [0.29, 0.717) is 0 Å². The number of hydrogen-bond acceptors (Lipinski definition) is 5. The molecule has 2 saturated heterocycles. The number of aliphatic carboxylic acids is 1. The standard InChI is InChI=1S/C19H24N2O2.C2HF3O2/c1-22-17-12-19(23-14-17)8-10-21(11-9-19)13-16-7-6-15-4-2-3-5-18(15)20-16;3-2(4,5)1(6)7/h2-7,17H,8-14H2,1H3;(H,6,7). The second-order valence-corrected chi connectivity index (χ2v) is 7.63. The molecule has 4 rings (SSSR count). The van der Waals surface area contributed by atoms with Gasteiger partial charge in [-0.15, -0.1) is 0 Å². The number of fused-ring (bicyclic) bond motifs is 1. The lowest BCUT2D eigenvalue weighted by Gasteiger charge is -2.38. The van der Waals surface area contributed by atoms with Crippen LogP contribution >= 0.6 is 0 Å². The monoisotopic (exact) mass is 426 g/mol. The van der Waals surface area contributed by atoms with Crippen molar-refractivity contribution >= 4 is 16.9 Å². The Morgan fingerprint density at radius 3 is 2.53 bits per heavy atom. The van der Waals surface area contributed by atoms with Gasteiger partial charge in [-0.05, 0) is 25.0 Å². The molecule has 6 nitrogen and oxygen atoms in total. The maximum absolute atomic E-state index is 10.6. The number of hydrogen-bond donors (Lipinski definition) is 1. The van der Waals surface area contributed by atoms with Crippen molar-refractivity contribution < 1.29 is 32.5 Å². The number of pyridine rings is 1. The van der Waals surface area contributed by atoms with Crippen LogP contribution in [0.2, 0.25) is 0 Å². The number of benzene rings is 1. The Hall–Kier alpha value is -2.23. The molecule has 2 aromatic rings. The first-order valence-corrected chi connectivity index (χ1v) is 9.75. The number of nitrogens with zero attached hydrogens (tertiary/aromatic N) is 2.